The van der Waals surface area contributed by atoms with Gasteiger partial charge in [0.05, 0.1) is 6.10 Å². The van der Waals surface area contributed by atoms with Crippen molar-refractivity contribution >= 4 is 0 Å². The number of hydrogen-bond acceptors (Lipinski definition) is 2. The Morgan fingerprint density at radius 3 is 2.85 bits per heavy atom. The molecule has 1 aliphatic heterocycles. The van der Waals surface area contributed by atoms with Crippen LogP contribution in [0.15, 0.2) is 24.3 Å². The van der Waals surface area contributed by atoms with E-state index >= 15 is 0 Å². The Hall–Kier alpha value is -0.860. The highest BCUT2D eigenvalue weighted by atomic mass is 16.5. The van der Waals surface area contributed by atoms with Gasteiger partial charge < -0.3 is 10.1 Å². The molecule has 0 spiro atoms. The lowest BCUT2D eigenvalue weighted by molar-refractivity contribution is 0.00853. The van der Waals surface area contributed by atoms with Gasteiger partial charge in [-0.05, 0) is 63.1 Å². The highest BCUT2D eigenvalue weighted by Crippen LogP contribution is 2.25. The predicted molar refractivity (Wildman–Crippen MR) is 85.0 cm³/mol. The first-order valence-corrected chi connectivity index (χ1v) is 8.21. The van der Waals surface area contributed by atoms with Gasteiger partial charge in [0.2, 0.25) is 0 Å². The van der Waals surface area contributed by atoms with E-state index in [1.165, 1.54) is 49.7 Å². The molecule has 1 aromatic rings. The van der Waals surface area contributed by atoms with E-state index in [1.807, 2.05) is 0 Å². The highest BCUT2D eigenvalue weighted by Gasteiger charge is 2.18. The SMILES string of the molecule is CCCNC(CCC1CCCCO1)c1ccccc1C. The van der Waals surface area contributed by atoms with Crippen molar-refractivity contribution in [2.24, 2.45) is 0 Å². The van der Waals surface area contributed by atoms with Crippen LogP contribution in [-0.4, -0.2) is 19.3 Å². The first-order chi connectivity index (χ1) is 9.81. The fourth-order valence-electron chi connectivity index (χ4n) is 3.05. The molecule has 0 saturated carbocycles. The van der Waals surface area contributed by atoms with Gasteiger partial charge >= 0.3 is 0 Å². The van der Waals surface area contributed by atoms with E-state index in [-0.39, 0.29) is 0 Å². The molecule has 2 rings (SSSR count). The Bertz CT molecular complexity index is 385. The zero-order valence-corrected chi connectivity index (χ0v) is 13.0. The van der Waals surface area contributed by atoms with Crippen molar-refractivity contribution in [3.05, 3.63) is 35.4 Å². The Balaban J connectivity index is 1.94. The maximum atomic E-state index is 5.87. The van der Waals surface area contributed by atoms with Crippen molar-refractivity contribution in [2.45, 2.75) is 64.5 Å². The second-order valence-corrected chi connectivity index (χ2v) is 5.93. The van der Waals surface area contributed by atoms with Crippen LogP contribution < -0.4 is 5.32 Å². The molecule has 20 heavy (non-hydrogen) atoms. The standard InChI is InChI=1S/C18H29NO/c1-3-13-19-18(17-10-5-4-8-15(17)2)12-11-16-9-6-7-14-20-16/h4-5,8,10,16,18-19H,3,6-7,9,11-14H2,1-2H3. The van der Waals surface area contributed by atoms with Gasteiger partial charge in [0.1, 0.15) is 0 Å². The number of hydrogen-bond donors (Lipinski definition) is 1. The molecule has 2 nitrogen and oxygen atoms in total. The number of nitrogens with one attached hydrogen (secondary N) is 1. The third-order valence-corrected chi connectivity index (χ3v) is 4.26. The summed E-state index contributed by atoms with van der Waals surface area (Å²) in [5.41, 5.74) is 2.85. The average molecular weight is 275 g/mol. The smallest absolute Gasteiger partial charge is 0.0575 e. The summed E-state index contributed by atoms with van der Waals surface area (Å²) in [6.45, 7) is 6.49. The van der Waals surface area contributed by atoms with Crippen molar-refractivity contribution in [1.29, 1.82) is 0 Å². The molecule has 2 heteroatoms. The van der Waals surface area contributed by atoms with E-state index in [4.69, 9.17) is 4.74 Å². The predicted octanol–water partition coefficient (Wildman–Crippen LogP) is 4.39. The van der Waals surface area contributed by atoms with Crippen LogP contribution in [0.25, 0.3) is 0 Å². The van der Waals surface area contributed by atoms with E-state index in [9.17, 15) is 0 Å². The Morgan fingerprint density at radius 1 is 1.30 bits per heavy atom. The lowest BCUT2D eigenvalue weighted by atomic mass is 9.94. The van der Waals surface area contributed by atoms with Crippen molar-refractivity contribution < 1.29 is 4.74 Å². The van der Waals surface area contributed by atoms with Gasteiger partial charge in [-0.1, -0.05) is 31.2 Å². The van der Waals surface area contributed by atoms with Crippen LogP contribution in [-0.2, 0) is 4.74 Å². The quantitative estimate of drug-likeness (QED) is 0.797. The molecule has 1 heterocycles. The van der Waals surface area contributed by atoms with E-state index in [2.05, 4.69) is 43.4 Å². The third-order valence-electron chi connectivity index (χ3n) is 4.26. The van der Waals surface area contributed by atoms with Crippen LogP contribution in [0, 0.1) is 6.92 Å². The van der Waals surface area contributed by atoms with Crippen molar-refractivity contribution in [1.82, 2.24) is 5.32 Å². The fraction of sp³-hybridized carbons (Fsp3) is 0.667. The summed E-state index contributed by atoms with van der Waals surface area (Å²) in [6.07, 6.45) is 7.84. The van der Waals surface area contributed by atoms with Crippen LogP contribution in [0.1, 0.15) is 62.6 Å². The van der Waals surface area contributed by atoms with Gasteiger partial charge in [-0.15, -0.1) is 0 Å². The number of aryl methyl sites for hydroxylation is 1. The summed E-state index contributed by atoms with van der Waals surface area (Å²) < 4.78 is 5.87. The van der Waals surface area contributed by atoms with E-state index in [0.29, 0.717) is 12.1 Å². The van der Waals surface area contributed by atoms with Gasteiger partial charge in [-0.25, -0.2) is 0 Å². The Labute approximate surface area is 123 Å². The van der Waals surface area contributed by atoms with E-state index in [0.717, 1.165) is 13.2 Å². The topological polar surface area (TPSA) is 21.3 Å². The lowest BCUT2D eigenvalue weighted by Gasteiger charge is -2.26. The summed E-state index contributed by atoms with van der Waals surface area (Å²) in [5, 5.41) is 3.71. The monoisotopic (exact) mass is 275 g/mol. The zero-order chi connectivity index (χ0) is 14.2. The Morgan fingerprint density at radius 2 is 2.15 bits per heavy atom. The molecular formula is C18H29NO. The average Bonchev–Trinajstić information content (AvgIpc) is 2.49. The van der Waals surface area contributed by atoms with Crippen molar-refractivity contribution in [3.8, 4) is 0 Å². The molecule has 2 atom stereocenters. The molecule has 112 valence electrons. The summed E-state index contributed by atoms with van der Waals surface area (Å²) in [5.74, 6) is 0. The normalized spacial score (nSPS) is 20.8. The molecule has 0 bridgehead atoms. The molecule has 0 aliphatic carbocycles. The first kappa shape index (κ1) is 15.5. The van der Waals surface area contributed by atoms with Crippen LogP contribution >= 0.6 is 0 Å². The second-order valence-electron chi connectivity index (χ2n) is 5.93. The van der Waals surface area contributed by atoms with Gasteiger partial charge in [0.25, 0.3) is 0 Å². The minimum absolute atomic E-state index is 0.474. The van der Waals surface area contributed by atoms with Gasteiger partial charge in [-0.3, -0.25) is 0 Å². The van der Waals surface area contributed by atoms with Crippen molar-refractivity contribution in [3.63, 3.8) is 0 Å². The molecule has 0 amide bonds. The highest BCUT2D eigenvalue weighted by molar-refractivity contribution is 5.28. The van der Waals surface area contributed by atoms with E-state index in [1.54, 1.807) is 0 Å². The zero-order valence-electron chi connectivity index (χ0n) is 13.0. The molecule has 1 fully saturated rings. The minimum Gasteiger partial charge on any atom is -0.378 e. The number of rotatable bonds is 7. The maximum Gasteiger partial charge on any atom is 0.0575 e. The maximum absolute atomic E-state index is 5.87. The number of benzene rings is 1. The van der Waals surface area contributed by atoms with Gasteiger partial charge in [0.15, 0.2) is 0 Å². The molecule has 1 aromatic carbocycles. The van der Waals surface area contributed by atoms with Crippen LogP contribution in [0.5, 0.6) is 0 Å². The molecule has 2 unspecified atom stereocenters. The number of ether oxygens (including phenoxy) is 1. The molecule has 1 N–H and O–H groups in total. The largest absolute Gasteiger partial charge is 0.378 e. The third kappa shape index (κ3) is 4.60. The van der Waals surface area contributed by atoms with Gasteiger partial charge in [0, 0.05) is 12.6 Å². The fourth-order valence-corrected chi connectivity index (χ4v) is 3.05. The Kier molecular flexibility index (Phi) is 6.55. The second kappa shape index (κ2) is 8.43. The van der Waals surface area contributed by atoms with Crippen molar-refractivity contribution in [2.75, 3.05) is 13.2 Å². The van der Waals surface area contributed by atoms with Crippen LogP contribution in [0.4, 0.5) is 0 Å². The summed E-state index contributed by atoms with van der Waals surface area (Å²) in [6, 6.07) is 9.24. The van der Waals surface area contributed by atoms with Crippen LogP contribution in [0.3, 0.4) is 0 Å². The molecular weight excluding hydrogens is 246 g/mol. The lowest BCUT2D eigenvalue weighted by Crippen LogP contribution is -2.26. The minimum atomic E-state index is 0.474. The molecule has 1 saturated heterocycles. The molecule has 1 aliphatic rings. The van der Waals surface area contributed by atoms with E-state index < -0.39 is 0 Å². The van der Waals surface area contributed by atoms with Gasteiger partial charge in [-0.2, -0.15) is 0 Å². The summed E-state index contributed by atoms with van der Waals surface area (Å²) >= 11 is 0. The van der Waals surface area contributed by atoms with Crippen LogP contribution in [0.2, 0.25) is 0 Å². The summed E-state index contributed by atoms with van der Waals surface area (Å²) in [7, 11) is 0. The molecule has 0 radical (unpaired) electrons. The first-order valence-electron chi connectivity index (χ1n) is 8.21. The summed E-state index contributed by atoms with van der Waals surface area (Å²) in [4.78, 5) is 0. The molecule has 0 aromatic heterocycles.